The van der Waals surface area contributed by atoms with E-state index < -0.39 is 0 Å². The van der Waals surface area contributed by atoms with Gasteiger partial charge in [-0.15, -0.1) is 0 Å². The number of amides is 1. The number of fused-ring (bicyclic) bond motifs is 1. The van der Waals surface area contributed by atoms with Crippen LogP contribution in [0.5, 0.6) is 5.75 Å². The molecular weight excluding hydrogens is 242 g/mol. The Kier molecular flexibility index (Phi) is 4.06. The van der Waals surface area contributed by atoms with E-state index in [2.05, 4.69) is 4.98 Å². The number of hydrogen-bond donors (Lipinski definition) is 4. The number of aromatic nitrogens is 1. The van der Waals surface area contributed by atoms with Crippen molar-refractivity contribution in [2.45, 2.75) is 19.3 Å². The highest BCUT2D eigenvalue weighted by molar-refractivity contribution is 5.84. The van der Waals surface area contributed by atoms with Crippen molar-refractivity contribution >= 4 is 16.8 Å². The summed E-state index contributed by atoms with van der Waals surface area (Å²) in [6, 6.07) is 5.20. The number of aromatic amines is 1. The van der Waals surface area contributed by atoms with E-state index in [1.54, 1.807) is 12.1 Å². The molecule has 0 aliphatic rings. The maximum atomic E-state index is 11.3. The lowest BCUT2D eigenvalue weighted by molar-refractivity contribution is -0.122. The Morgan fingerprint density at radius 3 is 2.84 bits per heavy atom. The number of carbonyl (C=O) groups excluding carboxylic acids is 1. The Morgan fingerprint density at radius 1 is 1.37 bits per heavy atom. The standard InChI is InChI=1S/C14H19N3O2/c15-6-5-9(14(16)19)1-2-10-8-17-13-4-3-11(18)7-12(10)13/h3-4,7-9,17-18H,1-2,5-6,15H2,(H2,16,19). The van der Waals surface area contributed by atoms with Crippen LogP contribution in [0.15, 0.2) is 24.4 Å². The first-order valence-corrected chi connectivity index (χ1v) is 6.40. The van der Waals surface area contributed by atoms with Gasteiger partial charge in [-0.25, -0.2) is 0 Å². The van der Waals surface area contributed by atoms with Crippen LogP contribution in [0.25, 0.3) is 10.9 Å². The summed E-state index contributed by atoms with van der Waals surface area (Å²) in [6.07, 6.45) is 3.93. The molecule has 0 saturated carbocycles. The van der Waals surface area contributed by atoms with Crippen LogP contribution in [-0.2, 0) is 11.2 Å². The highest BCUT2D eigenvalue weighted by atomic mass is 16.3. The highest BCUT2D eigenvalue weighted by Crippen LogP contribution is 2.25. The molecule has 1 heterocycles. The van der Waals surface area contributed by atoms with Crippen LogP contribution in [0.3, 0.4) is 0 Å². The summed E-state index contributed by atoms with van der Waals surface area (Å²) in [5.41, 5.74) is 12.9. The minimum atomic E-state index is -0.298. The van der Waals surface area contributed by atoms with Crippen LogP contribution in [0.2, 0.25) is 0 Å². The highest BCUT2D eigenvalue weighted by Gasteiger charge is 2.15. The summed E-state index contributed by atoms with van der Waals surface area (Å²) in [7, 11) is 0. The third-order valence-electron chi connectivity index (χ3n) is 3.43. The summed E-state index contributed by atoms with van der Waals surface area (Å²) >= 11 is 0. The lowest BCUT2D eigenvalue weighted by Gasteiger charge is -2.11. The Hall–Kier alpha value is -2.01. The minimum Gasteiger partial charge on any atom is -0.508 e. The molecule has 1 aromatic carbocycles. The summed E-state index contributed by atoms with van der Waals surface area (Å²) in [5, 5.41) is 10.5. The molecule has 19 heavy (non-hydrogen) atoms. The number of aryl methyl sites for hydroxylation is 1. The molecule has 0 saturated heterocycles. The third kappa shape index (κ3) is 3.06. The normalized spacial score (nSPS) is 12.7. The molecule has 0 radical (unpaired) electrons. The van der Waals surface area contributed by atoms with Crippen LogP contribution < -0.4 is 11.5 Å². The number of H-pyrrole nitrogens is 1. The molecule has 0 aliphatic carbocycles. The van der Waals surface area contributed by atoms with Crippen molar-refractivity contribution in [2.24, 2.45) is 17.4 Å². The number of phenols is 1. The largest absolute Gasteiger partial charge is 0.508 e. The Bertz CT molecular complexity index is 577. The molecule has 5 heteroatoms. The van der Waals surface area contributed by atoms with Crippen LogP contribution in [0, 0.1) is 5.92 Å². The maximum Gasteiger partial charge on any atom is 0.220 e. The Balaban J connectivity index is 2.12. The van der Waals surface area contributed by atoms with Gasteiger partial charge in [0.25, 0.3) is 0 Å². The number of rotatable bonds is 6. The smallest absolute Gasteiger partial charge is 0.220 e. The average Bonchev–Trinajstić information content (AvgIpc) is 2.76. The minimum absolute atomic E-state index is 0.188. The maximum absolute atomic E-state index is 11.3. The van der Waals surface area contributed by atoms with Crippen molar-refractivity contribution in [3.63, 3.8) is 0 Å². The summed E-state index contributed by atoms with van der Waals surface area (Å²) in [6.45, 7) is 0.461. The van der Waals surface area contributed by atoms with Crippen LogP contribution in [0.1, 0.15) is 18.4 Å². The lowest BCUT2D eigenvalue weighted by Crippen LogP contribution is -2.26. The van der Waals surface area contributed by atoms with Gasteiger partial charge in [0, 0.05) is 23.0 Å². The first kappa shape index (κ1) is 13.4. The van der Waals surface area contributed by atoms with Crippen molar-refractivity contribution in [3.8, 4) is 5.75 Å². The van der Waals surface area contributed by atoms with Gasteiger partial charge in [0.2, 0.25) is 5.91 Å². The number of primary amides is 1. The molecule has 5 nitrogen and oxygen atoms in total. The summed E-state index contributed by atoms with van der Waals surface area (Å²) in [5.74, 6) is -0.248. The van der Waals surface area contributed by atoms with Crippen molar-refractivity contribution in [2.75, 3.05) is 6.54 Å². The van der Waals surface area contributed by atoms with E-state index >= 15 is 0 Å². The van der Waals surface area contributed by atoms with Gasteiger partial charge in [-0.05, 0) is 49.6 Å². The average molecular weight is 261 g/mol. The molecule has 1 aromatic heterocycles. The fraction of sp³-hybridized carbons (Fsp3) is 0.357. The van der Waals surface area contributed by atoms with E-state index in [0.29, 0.717) is 19.4 Å². The second-order valence-electron chi connectivity index (χ2n) is 4.76. The molecule has 2 rings (SSSR count). The first-order valence-electron chi connectivity index (χ1n) is 6.40. The van der Waals surface area contributed by atoms with E-state index in [9.17, 15) is 9.90 Å². The second-order valence-corrected chi connectivity index (χ2v) is 4.76. The van der Waals surface area contributed by atoms with Gasteiger partial charge in [-0.3, -0.25) is 4.79 Å². The van der Waals surface area contributed by atoms with Crippen molar-refractivity contribution in [1.82, 2.24) is 4.98 Å². The van der Waals surface area contributed by atoms with Crippen LogP contribution >= 0.6 is 0 Å². The zero-order valence-electron chi connectivity index (χ0n) is 10.7. The van der Waals surface area contributed by atoms with Gasteiger partial charge in [0.05, 0.1) is 0 Å². The van der Waals surface area contributed by atoms with Gasteiger partial charge in [-0.2, -0.15) is 0 Å². The molecular formula is C14H19N3O2. The topological polar surface area (TPSA) is 105 Å². The number of benzene rings is 1. The van der Waals surface area contributed by atoms with Gasteiger partial charge in [0.1, 0.15) is 5.75 Å². The molecule has 6 N–H and O–H groups in total. The van der Waals surface area contributed by atoms with Gasteiger partial charge in [0.15, 0.2) is 0 Å². The first-order chi connectivity index (χ1) is 9.11. The SMILES string of the molecule is NCCC(CCc1c[nH]c2ccc(O)cc12)C(N)=O. The van der Waals surface area contributed by atoms with E-state index in [-0.39, 0.29) is 17.6 Å². The fourth-order valence-corrected chi connectivity index (χ4v) is 2.33. The Morgan fingerprint density at radius 2 is 2.16 bits per heavy atom. The predicted molar refractivity (Wildman–Crippen MR) is 74.6 cm³/mol. The fourth-order valence-electron chi connectivity index (χ4n) is 2.33. The van der Waals surface area contributed by atoms with E-state index in [0.717, 1.165) is 22.9 Å². The number of carbonyl (C=O) groups is 1. The molecule has 1 amide bonds. The zero-order chi connectivity index (χ0) is 13.8. The molecule has 0 fully saturated rings. The van der Waals surface area contributed by atoms with Crippen molar-refractivity contribution < 1.29 is 9.90 Å². The molecule has 0 spiro atoms. The molecule has 1 atom stereocenters. The monoisotopic (exact) mass is 261 g/mol. The van der Waals surface area contributed by atoms with Crippen molar-refractivity contribution in [1.29, 1.82) is 0 Å². The van der Waals surface area contributed by atoms with Gasteiger partial charge in [-0.1, -0.05) is 0 Å². The van der Waals surface area contributed by atoms with Crippen LogP contribution in [-0.4, -0.2) is 22.5 Å². The zero-order valence-corrected chi connectivity index (χ0v) is 10.7. The van der Waals surface area contributed by atoms with E-state index in [1.165, 1.54) is 0 Å². The molecule has 0 bridgehead atoms. The number of nitrogens with two attached hydrogens (primary N) is 2. The second kappa shape index (κ2) is 5.75. The molecule has 102 valence electrons. The van der Waals surface area contributed by atoms with Crippen LogP contribution in [0.4, 0.5) is 0 Å². The van der Waals surface area contributed by atoms with Gasteiger partial charge >= 0.3 is 0 Å². The summed E-state index contributed by atoms with van der Waals surface area (Å²) < 4.78 is 0. The molecule has 2 aromatic rings. The predicted octanol–water partition coefficient (Wildman–Crippen LogP) is 1.26. The van der Waals surface area contributed by atoms with E-state index in [4.69, 9.17) is 11.5 Å². The number of phenolic OH excluding ortho intramolecular Hbond substituents is 1. The number of hydrogen-bond acceptors (Lipinski definition) is 3. The number of aromatic hydroxyl groups is 1. The molecule has 0 aliphatic heterocycles. The lowest BCUT2D eigenvalue weighted by atomic mass is 9.95. The summed E-state index contributed by atoms with van der Waals surface area (Å²) in [4.78, 5) is 14.4. The Labute approximate surface area is 111 Å². The van der Waals surface area contributed by atoms with Crippen molar-refractivity contribution in [3.05, 3.63) is 30.0 Å². The third-order valence-corrected chi connectivity index (χ3v) is 3.43. The number of nitrogens with one attached hydrogen (secondary N) is 1. The molecule has 1 unspecified atom stereocenters. The van der Waals surface area contributed by atoms with E-state index in [1.807, 2.05) is 12.3 Å². The quantitative estimate of drug-likeness (QED) is 0.629. The van der Waals surface area contributed by atoms with Gasteiger partial charge < -0.3 is 21.6 Å².